The van der Waals surface area contributed by atoms with Crippen molar-refractivity contribution >= 4 is 29.1 Å². The van der Waals surface area contributed by atoms with Gasteiger partial charge in [-0.25, -0.2) is 0 Å². The van der Waals surface area contributed by atoms with Crippen LogP contribution < -0.4 is 20.9 Å². The number of para-hydroxylation sites is 2. The molecule has 3 N–H and O–H groups in total. The maximum absolute atomic E-state index is 12.2. The van der Waals surface area contributed by atoms with Crippen LogP contribution in [0.15, 0.2) is 48.5 Å². The topological polar surface area (TPSA) is 140 Å². The molecule has 0 saturated heterocycles. The number of anilines is 1. The Hall–Kier alpha value is -3.95. The summed E-state index contributed by atoms with van der Waals surface area (Å²) in [6.07, 6.45) is 0.698. The van der Waals surface area contributed by atoms with E-state index in [1.807, 2.05) is 0 Å². The number of nitrogens with zero attached hydrogens (tertiary/aromatic N) is 1. The fraction of sp³-hybridized carbons (Fsp3) is 0.250. The fourth-order valence-corrected chi connectivity index (χ4v) is 2.54. The van der Waals surface area contributed by atoms with E-state index in [9.17, 15) is 24.5 Å². The molecule has 1 aliphatic rings. The van der Waals surface area contributed by atoms with E-state index in [0.717, 1.165) is 12.8 Å². The highest BCUT2D eigenvalue weighted by Gasteiger charge is 2.29. The van der Waals surface area contributed by atoms with Crippen LogP contribution in [0.25, 0.3) is 0 Å². The Balaban J connectivity index is 1.50. The van der Waals surface area contributed by atoms with Crippen molar-refractivity contribution in [3.63, 3.8) is 0 Å². The van der Waals surface area contributed by atoms with Crippen molar-refractivity contribution in [2.24, 2.45) is 5.92 Å². The Bertz CT molecular complexity index is 972. The van der Waals surface area contributed by atoms with E-state index in [-0.39, 0.29) is 28.8 Å². The van der Waals surface area contributed by atoms with E-state index in [2.05, 4.69) is 16.2 Å². The maximum Gasteiger partial charge on any atom is 0.310 e. The van der Waals surface area contributed by atoms with Gasteiger partial charge in [0.05, 0.1) is 4.92 Å². The predicted molar refractivity (Wildman–Crippen MR) is 107 cm³/mol. The summed E-state index contributed by atoms with van der Waals surface area (Å²) in [7, 11) is 0. The van der Waals surface area contributed by atoms with Crippen molar-refractivity contribution < 1.29 is 24.0 Å². The third-order valence-electron chi connectivity index (χ3n) is 4.40. The SMILES string of the molecule is C[C@@H](Oc1ccccc1[N+](=O)[O-])C(=O)NNC(=O)c1ccc(NC(=O)C2CC2)cc1. The smallest absolute Gasteiger partial charge is 0.310 e. The highest BCUT2D eigenvalue weighted by molar-refractivity contribution is 5.97. The van der Waals surface area contributed by atoms with E-state index in [1.165, 1.54) is 37.3 Å². The minimum atomic E-state index is -1.09. The molecule has 3 amide bonds. The first-order valence-corrected chi connectivity index (χ1v) is 9.26. The number of nitro groups is 1. The van der Waals surface area contributed by atoms with Gasteiger partial charge in [-0.3, -0.25) is 35.3 Å². The van der Waals surface area contributed by atoms with E-state index in [0.29, 0.717) is 5.69 Å². The summed E-state index contributed by atoms with van der Waals surface area (Å²) >= 11 is 0. The average molecular weight is 412 g/mol. The minimum Gasteiger partial charge on any atom is -0.474 e. The molecule has 0 radical (unpaired) electrons. The molecule has 0 bridgehead atoms. The van der Waals surface area contributed by atoms with Gasteiger partial charge in [-0.2, -0.15) is 0 Å². The highest BCUT2D eigenvalue weighted by Crippen LogP contribution is 2.30. The summed E-state index contributed by atoms with van der Waals surface area (Å²) in [6, 6.07) is 11.9. The van der Waals surface area contributed by atoms with Gasteiger partial charge in [0.15, 0.2) is 11.9 Å². The largest absolute Gasteiger partial charge is 0.474 e. The van der Waals surface area contributed by atoms with Gasteiger partial charge in [-0.1, -0.05) is 12.1 Å². The first kappa shape index (κ1) is 20.8. The van der Waals surface area contributed by atoms with Gasteiger partial charge in [0.2, 0.25) is 5.91 Å². The quantitative estimate of drug-likeness (QED) is 0.470. The number of amides is 3. The van der Waals surface area contributed by atoms with Crippen LogP contribution in [0, 0.1) is 16.0 Å². The minimum absolute atomic E-state index is 0.0351. The van der Waals surface area contributed by atoms with Crippen LogP contribution in [0.3, 0.4) is 0 Å². The molecule has 2 aromatic rings. The zero-order chi connectivity index (χ0) is 21.7. The van der Waals surface area contributed by atoms with Crippen molar-refractivity contribution in [3.05, 3.63) is 64.2 Å². The van der Waals surface area contributed by atoms with E-state index in [1.54, 1.807) is 18.2 Å². The van der Waals surface area contributed by atoms with E-state index < -0.39 is 22.8 Å². The number of ether oxygens (including phenoxy) is 1. The van der Waals surface area contributed by atoms with Gasteiger partial charge in [-0.05, 0) is 50.1 Å². The molecule has 0 heterocycles. The number of benzene rings is 2. The number of carbonyl (C=O) groups is 3. The predicted octanol–water partition coefficient (Wildman–Crippen LogP) is 2.17. The van der Waals surface area contributed by atoms with Crippen LogP contribution in [0.2, 0.25) is 0 Å². The Morgan fingerprint density at radius 3 is 2.37 bits per heavy atom. The van der Waals surface area contributed by atoms with Gasteiger partial charge >= 0.3 is 5.69 Å². The van der Waals surface area contributed by atoms with Crippen LogP contribution in [0.1, 0.15) is 30.1 Å². The summed E-state index contributed by atoms with van der Waals surface area (Å²) in [5.74, 6) is -1.27. The summed E-state index contributed by atoms with van der Waals surface area (Å²) in [5.41, 5.74) is 5.05. The molecule has 156 valence electrons. The third-order valence-corrected chi connectivity index (χ3v) is 4.40. The number of carbonyl (C=O) groups excluding carboxylic acids is 3. The second kappa shape index (κ2) is 9.03. The van der Waals surface area contributed by atoms with Gasteiger partial charge in [0, 0.05) is 23.2 Å². The van der Waals surface area contributed by atoms with Gasteiger partial charge in [-0.15, -0.1) is 0 Å². The first-order valence-electron chi connectivity index (χ1n) is 9.26. The van der Waals surface area contributed by atoms with Crippen molar-refractivity contribution in [2.45, 2.75) is 25.9 Å². The molecule has 2 aromatic carbocycles. The summed E-state index contributed by atoms with van der Waals surface area (Å²) in [5, 5.41) is 13.8. The Morgan fingerprint density at radius 1 is 1.07 bits per heavy atom. The first-order chi connectivity index (χ1) is 14.3. The average Bonchev–Trinajstić information content (AvgIpc) is 3.58. The lowest BCUT2D eigenvalue weighted by Gasteiger charge is -2.15. The standard InChI is InChI=1S/C20H20N4O6/c1-12(30-17-5-3-2-4-16(17)24(28)29)18(25)22-23-20(27)14-8-10-15(11-9-14)21-19(26)13-6-7-13/h2-5,8-13H,6-7H2,1H3,(H,21,26)(H,22,25)(H,23,27)/t12-/m1/s1. The van der Waals surface area contributed by atoms with Crippen LogP contribution in [-0.2, 0) is 9.59 Å². The molecule has 0 spiro atoms. The molecular formula is C20H20N4O6. The zero-order valence-corrected chi connectivity index (χ0v) is 16.1. The monoisotopic (exact) mass is 412 g/mol. The Kier molecular flexibility index (Phi) is 6.26. The van der Waals surface area contributed by atoms with Crippen LogP contribution in [0.4, 0.5) is 11.4 Å². The molecule has 3 rings (SSSR count). The van der Waals surface area contributed by atoms with Crippen LogP contribution in [0.5, 0.6) is 5.75 Å². The number of nitrogens with one attached hydrogen (secondary N) is 3. The molecule has 0 aliphatic heterocycles. The number of hydrazine groups is 1. The van der Waals surface area contributed by atoms with Gasteiger partial charge in [0.25, 0.3) is 11.8 Å². The van der Waals surface area contributed by atoms with E-state index >= 15 is 0 Å². The summed E-state index contributed by atoms with van der Waals surface area (Å²) in [4.78, 5) is 46.5. The second-order valence-corrected chi connectivity index (χ2v) is 6.77. The summed E-state index contributed by atoms with van der Waals surface area (Å²) < 4.78 is 5.34. The lowest BCUT2D eigenvalue weighted by atomic mass is 10.2. The number of nitro benzene ring substituents is 1. The Labute approximate surface area is 171 Å². The van der Waals surface area contributed by atoms with Crippen molar-refractivity contribution in [1.82, 2.24) is 10.9 Å². The maximum atomic E-state index is 12.2. The number of hydrogen-bond donors (Lipinski definition) is 3. The molecule has 1 saturated carbocycles. The molecule has 10 heteroatoms. The van der Waals surface area contributed by atoms with E-state index in [4.69, 9.17) is 4.74 Å². The van der Waals surface area contributed by atoms with Crippen molar-refractivity contribution in [3.8, 4) is 5.75 Å². The molecule has 30 heavy (non-hydrogen) atoms. The molecule has 0 unspecified atom stereocenters. The lowest BCUT2D eigenvalue weighted by Crippen LogP contribution is -2.47. The normalized spacial score (nSPS) is 13.6. The van der Waals surface area contributed by atoms with Crippen LogP contribution in [-0.4, -0.2) is 28.7 Å². The van der Waals surface area contributed by atoms with Crippen molar-refractivity contribution in [1.29, 1.82) is 0 Å². The fourth-order valence-electron chi connectivity index (χ4n) is 2.54. The van der Waals surface area contributed by atoms with Gasteiger partial charge in [0.1, 0.15) is 0 Å². The third kappa shape index (κ3) is 5.31. The van der Waals surface area contributed by atoms with Crippen LogP contribution >= 0.6 is 0 Å². The molecule has 10 nitrogen and oxygen atoms in total. The molecular weight excluding hydrogens is 392 g/mol. The second-order valence-electron chi connectivity index (χ2n) is 6.77. The Morgan fingerprint density at radius 2 is 1.73 bits per heavy atom. The van der Waals surface area contributed by atoms with Crippen molar-refractivity contribution in [2.75, 3.05) is 5.32 Å². The molecule has 1 aliphatic carbocycles. The van der Waals surface area contributed by atoms with Gasteiger partial charge < -0.3 is 10.1 Å². The number of hydrogen-bond acceptors (Lipinski definition) is 6. The molecule has 1 fully saturated rings. The number of rotatable bonds is 7. The highest BCUT2D eigenvalue weighted by atomic mass is 16.6. The summed E-state index contributed by atoms with van der Waals surface area (Å²) in [6.45, 7) is 1.40. The zero-order valence-electron chi connectivity index (χ0n) is 16.1. The lowest BCUT2D eigenvalue weighted by molar-refractivity contribution is -0.386. The molecule has 1 atom stereocenters. The molecule has 0 aromatic heterocycles.